The first-order valence-corrected chi connectivity index (χ1v) is 8.75. The number of benzene rings is 1. The maximum absolute atomic E-state index is 12.8. The molecule has 2 aromatic rings. The minimum atomic E-state index is -4.57. The zero-order valence-corrected chi connectivity index (χ0v) is 13.1. The monoisotopic (exact) mass is 337 g/mol. The van der Waals surface area contributed by atoms with Gasteiger partial charge in [0.25, 0.3) is 0 Å². The Morgan fingerprint density at radius 2 is 2.00 bits per heavy atom. The zero-order valence-electron chi connectivity index (χ0n) is 12.3. The topological polar surface area (TPSA) is 72.3 Å². The van der Waals surface area contributed by atoms with Crippen molar-refractivity contribution in [3.63, 3.8) is 0 Å². The Bertz CT molecular complexity index is 804. The van der Waals surface area contributed by atoms with Crippen LogP contribution in [0.25, 0.3) is 0 Å². The summed E-state index contributed by atoms with van der Waals surface area (Å²) in [4.78, 5) is 13.5. The summed E-state index contributed by atoms with van der Waals surface area (Å²) in [5, 5.41) is 4.22. The molecule has 122 valence electrons. The van der Waals surface area contributed by atoms with Crippen LogP contribution in [0.5, 0.6) is 0 Å². The lowest BCUT2D eigenvalue weighted by molar-refractivity contribution is -0.117. The quantitative estimate of drug-likeness (QED) is 0.777. The Hall–Kier alpha value is -2.22. The van der Waals surface area contributed by atoms with Crippen molar-refractivity contribution in [1.82, 2.24) is 9.78 Å². The van der Waals surface area contributed by atoms with Crippen molar-refractivity contribution < 1.29 is 17.1 Å². The number of halogens is 1. The SMILES string of the molecule is O=C1CC(CS(=O)(=O)F)CN1c1cnn(Cc2ccccc2)c1. The van der Waals surface area contributed by atoms with Crippen molar-refractivity contribution in [1.29, 1.82) is 0 Å². The highest BCUT2D eigenvalue weighted by molar-refractivity contribution is 7.86. The Labute approximate surface area is 133 Å². The predicted octanol–water partition coefficient (Wildman–Crippen LogP) is 1.58. The third-order valence-corrected chi connectivity index (χ3v) is 4.63. The number of hydrogen-bond acceptors (Lipinski definition) is 4. The molecule has 6 nitrogen and oxygen atoms in total. The average Bonchev–Trinajstić information content (AvgIpc) is 3.05. The van der Waals surface area contributed by atoms with Crippen LogP contribution in [0.1, 0.15) is 12.0 Å². The first-order chi connectivity index (χ1) is 10.9. The molecule has 1 aromatic heterocycles. The summed E-state index contributed by atoms with van der Waals surface area (Å²) in [5.74, 6) is -1.35. The second-order valence-electron chi connectivity index (χ2n) is 5.66. The van der Waals surface area contributed by atoms with Crippen molar-refractivity contribution in [2.75, 3.05) is 17.2 Å². The maximum atomic E-state index is 12.8. The van der Waals surface area contributed by atoms with E-state index in [1.165, 1.54) is 4.90 Å². The van der Waals surface area contributed by atoms with E-state index in [9.17, 15) is 17.1 Å². The van der Waals surface area contributed by atoms with Gasteiger partial charge in [-0.1, -0.05) is 30.3 Å². The van der Waals surface area contributed by atoms with E-state index in [2.05, 4.69) is 5.10 Å². The van der Waals surface area contributed by atoms with Gasteiger partial charge >= 0.3 is 10.2 Å². The minimum Gasteiger partial charge on any atom is -0.309 e. The maximum Gasteiger partial charge on any atom is 0.302 e. The number of rotatable bonds is 5. The molecule has 8 heteroatoms. The van der Waals surface area contributed by atoms with Gasteiger partial charge < -0.3 is 4.90 Å². The first kappa shape index (κ1) is 15.7. The molecule has 1 fully saturated rings. The third kappa shape index (κ3) is 3.95. The summed E-state index contributed by atoms with van der Waals surface area (Å²) in [7, 11) is -4.57. The van der Waals surface area contributed by atoms with Gasteiger partial charge in [-0.25, -0.2) is 0 Å². The second-order valence-corrected chi connectivity index (χ2v) is 7.07. The molecule has 0 spiro atoms. The Morgan fingerprint density at radius 3 is 2.70 bits per heavy atom. The van der Waals surface area contributed by atoms with E-state index in [0.717, 1.165) is 5.56 Å². The van der Waals surface area contributed by atoms with Gasteiger partial charge in [-0.15, -0.1) is 3.89 Å². The summed E-state index contributed by atoms with van der Waals surface area (Å²) >= 11 is 0. The van der Waals surface area contributed by atoms with Crippen LogP contribution in [0.2, 0.25) is 0 Å². The molecule has 1 amide bonds. The molecule has 1 atom stereocenters. The van der Waals surface area contributed by atoms with E-state index >= 15 is 0 Å². The molecule has 0 aliphatic carbocycles. The van der Waals surface area contributed by atoms with Gasteiger partial charge in [0.15, 0.2) is 0 Å². The second kappa shape index (κ2) is 6.11. The molecule has 1 aliphatic rings. The van der Waals surface area contributed by atoms with Gasteiger partial charge in [-0.2, -0.15) is 13.5 Å². The molecule has 1 unspecified atom stereocenters. The van der Waals surface area contributed by atoms with Gasteiger partial charge in [0, 0.05) is 25.1 Å². The van der Waals surface area contributed by atoms with Gasteiger partial charge in [-0.3, -0.25) is 9.48 Å². The van der Waals surface area contributed by atoms with E-state index < -0.39 is 21.9 Å². The van der Waals surface area contributed by atoms with Crippen LogP contribution < -0.4 is 4.90 Å². The molecule has 1 saturated heterocycles. The van der Waals surface area contributed by atoms with Crippen LogP contribution in [0, 0.1) is 5.92 Å². The van der Waals surface area contributed by atoms with Crippen molar-refractivity contribution in [3.8, 4) is 0 Å². The van der Waals surface area contributed by atoms with Crippen LogP contribution in [0.4, 0.5) is 9.57 Å². The smallest absolute Gasteiger partial charge is 0.302 e. The molecule has 0 bridgehead atoms. The van der Waals surface area contributed by atoms with E-state index in [1.807, 2.05) is 30.3 Å². The van der Waals surface area contributed by atoms with Crippen molar-refractivity contribution >= 4 is 21.8 Å². The van der Waals surface area contributed by atoms with Crippen LogP contribution >= 0.6 is 0 Å². The van der Waals surface area contributed by atoms with E-state index in [1.54, 1.807) is 17.1 Å². The molecule has 1 aliphatic heterocycles. The summed E-state index contributed by atoms with van der Waals surface area (Å²) < 4.78 is 35.9. The van der Waals surface area contributed by atoms with Crippen molar-refractivity contribution in [2.24, 2.45) is 5.92 Å². The molecule has 0 saturated carbocycles. The molecular formula is C15H16FN3O3S. The Balaban J connectivity index is 1.69. The number of hydrogen-bond donors (Lipinski definition) is 0. The standard InChI is InChI=1S/C15H16FN3O3S/c16-23(21,22)11-13-6-15(20)19(9-13)14-7-17-18(10-14)8-12-4-2-1-3-5-12/h1-5,7,10,13H,6,8-9,11H2. The van der Waals surface area contributed by atoms with Crippen LogP contribution in [-0.4, -0.2) is 36.4 Å². The first-order valence-electron chi connectivity index (χ1n) is 7.20. The lowest BCUT2D eigenvalue weighted by Crippen LogP contribution is -2.25. The minimum absolute atomic E-state index is 0.0347. The lowest BCUT2D eigenvalue weighted by atomic mass is 10.1. The predicted molar refractivity (Wildman–Crippen MR) is 83.1 cm³/mol. The Morgan fingerprint density at radius 1 is 1.26 bits per heavy atom. The van der Waals surface area contributed by atoms with Crippen LogP contribution in [0.15, 0.2) is 42.7 Å². The largest absolute Gasteiger partial charge is 0.309 e. The number of carbonyl (C=O) groups excluding carboxylic acids is 1. The molecule has 0 radical (unpaired) electrons. The van der Waals surface area contributed by atoms with E-state index in [-0.39, 0.29) is 18.9 Å². The number of carbonyl (C=O) groups is 1. The molecule has 2 heterocycles. The summed E-state index contributed by atoms with van der Waals surface area (Å²) in [6.07, 6.45) is 3.33. The summed E-state index contributed by atoms with van der Waals surface area (Å²) in [6.45, 7) is 0.768. The molecule has 23 heavy (non-hydrogen) atoms. The molecule has 0 N–H and O–H groups in total. The van der Waals surface area contributed by atoms with Crippen molar-refractivity contribution in [3.05, 3.63) is 48.3 Å². The normalized spacial score (nSPS) is 18.6. The highest BCUT2D eigenvalue weighted by atomic mass is 32.3. The Kier molecular flexibility index (Phi) is 4.16. The fourth-order valence-corrected chi connectivity index (χ4v) is 3.56. The zero-order chi connectivity index (χ0) is 16.4. The highest BCUT2D eigenvalue weighted by Gasteiger charge is 2.34. The molecule has 1 aromatic carbocycles. The van der Waals surface area contributed by atoms with Gasteiger partial charge in [-0.05, 0) is 5.56 Å². The van der Waals surface area contributed by atoms with Crippen molar-refractivity contribution in [2.45, 2.75) is 13.0 Å². The van der Waals surface area contributed by atoms with Gasteiger partial charge in [0.1, 0.15) is 0 Å². The fraction of sp³-hybridized carbons (Fsp3) is 0.333. The summed E-state index contributed by atoms with van der Waals surface area (Å²) in [6, 6.07) is 9.76. The average molecular weight is 337 g/mol. The van der Waals surface area contributed by atoms with Gasteiger partial charge in [0.05, 0.1) is 24.2 Å². The number of amides is 1. The number of nitrogens with zero attached hydrogens (tertiary/aromatic N) is 3. The summed E-state index contributed by atoms with van der Waals surface area (Å²) in [5.41, 5.74) is 1.68. The lowest BCUT2D eigenvalue weighted by Gasteiger charge is -2.13. The van der Waals surface area contributed by atoms with Gasteiger partial charge in [0.2, 0.25) is 5.91 Å². The number of anilines is 1. The van der Waals surface area contributed by atoms with E-state index in [0.29, 0.717) is 12.2 Å². The number of aromatic nitrogens is 2. The van der Waals surface area contributed by atoms with Crippen LogP contribution in [-0.2, 0) is 21.6 Å². The third-order valence-electron chi connectivity index (χ3n) is 3.76. The molecular weight excluding hydrogens is 321 g/mol. The van der Waals surface area contributed by atoms with Crippen LogP contribution in [0.3, 0.4) is 0 Å². The fourth-order valence-electron chi connectivity index (χ4n) is 2.77. The highest BCUT2D eigenvalue weighted by Crippen LogP contribution is 2.26. The van der Waals surface area contributed by atoms with E-state index in [4.69, 9.17) is 0 Å². The molecule has 3 rings (SSSR count).